The SMILES string of the molecule is CCCc1ccc2oc(Cc3ccccc3)c(C)c2c1O. The smallest absolute Gasteiger partial charge is 0.138 e. The van der Waals surface area contributed by atoms with E-state index in [-0.39, 0.29) is 0 Å². The van der Waals surface area contributed by atoms with E-state index < -0.39 is 0 Å². The fourth-order valence-corrected chi connectivity index (χ4v) is 2.83. The van der Waals surface area contributed by atoms with Crippen molar-refractivity contribution >= 4 is 11.0 Å². The predicted octanol–water partition coefficient (Wildman–Crippen LogP) is 4.99. The van der Waals surface area contributed by atoms with Gasteiger partial charge in [0.1, 0.15) is 17.1 Å². The summed E-state index contributed by atoms with van der Waals surface area (Å²) >= 11 is 0. The monoisotopic (exact) mass is 280 g/mol. The Kier molecular flexibility index (Phi) is 3.70. The maximum absolute atomic E-state index is 10.5. The van der Waals surface area contributed by atoms with Crippen LogP contribution in [-0.2, 0) is 12.8 Å². The van der Waals surface area contributed by atoms with Gasteiger partial charge in [-0.2, -0.15) is 0 Å². The molecule has 0 amide bonds. The van der Waals surface area contributed by atoms with E-state index in [1.807, 2.05) is 37.3 Å². The van der Waals surface area contributed by atoms with Gasteiger partial charge in [-0.05, 0) is 30.5 Å². The molecule has 108 valence electrons. The zero-order valence-electron chi connectivity index (χ0n) is 12.5. The molecular weight excluding hydrogens is 260 g/mol. The van der Waals surface area contributed by atoms with Gasteiger partial charge in [-0.15, -0.1) is 0 Å². The van der Waals surface area contributed by atoms with E-state index in [2.05, 4.69) is 19.1 Å². The van der Waals surface area contributed by atoms with Crippen molar-refractivity contribution in [3.8, 4) is 5.75 Å². The van der Waals surface area contributed by atoms with Crippen LogP contribution in [0.3, 0.4) is 0 Å². The van der Waals surface area contributed by atoms with Gasteiger partial charge >= 0.3 is 0 Å². The van der Waals surface area contributed by atoms with Gasteiger partial charge in [0.2, 0.25) is 0 Å². The minimum absolute atomic E-state index is 0.384. The molecule has 0 saturated heterocycles. The highest BCUT2D eigenvalue weighted by molar-refractivity contribution is 5.89. The zero-order chi connectivity index (χ0) is 14.8. The molecule has 0 fully saturated rings. The summed E-state index contributed by atoms with van der Waals surface area (Å²) in [6.45, 7) is 4.15. The van der Waals surface area contributed by atoms with E-state index in [4.69, 9.17) is 4.42 Å². The van der Waals surface area contributed by atoms with Crippen LogP contribution in [0.5, 0.6) is 5.75 Å². The molecule has 3 rings (SSSR count). The van der Waals surface area contributed by atoms with Crippen molar-refractivity contribution in [2.24, 2.45) is 0 Å². The summed E-state index contributed by atoms with van der Waals surface area (Å²) in [6.07, 6.45) is 2.66. The molecule has 21 heavy (non-hydrogen) atoms. The number of phenolic OH excluding ortho intramolecular Hbond substituents is 1. The van der Waals surface area contributed by atoms with Crippen LogP contribution in [-0.4, -0.2) is 5.11 Å². The van der Waals surface area contributed by atoms with E-state index in [0.29, 0.717) is 5.75 Å². The van der Waals surface area contributed by atoms with E-state index in [9.17, 15) is 5.11 Å². The molecule has 0 atom stereocenters. The normalized spacial score (nSPS) is 11.1. The molecule has 1 heterocycles. The average Bonchev–Trinajstić information content (AvgIpc) is 2.80. The topological polar surface area (TPSA) is 33.4 Å². The van der Waals surface area contributed by atoms with Crippen LogP contribution in [0, 0.1) is 6.92 Å². The Morgan fingerprint density at radius 1 is 1.05 bits per heavy atom. The van der Waals surface area contributed by atoms with Gasteiger partial charge in [0.25, 0.3) is 0 Å². The summed E-state index contributed by atoms with van der Waals surface area (Å²) in [4.78, 5) is 0. The second-order valence-corrected chi connectivity index (χ2v) is 5.51. The van der Waals surface area contributed by atoms with E-state index in [1.165, 1.54) is 5.56 Å². The van der Waals surface area contributed by atoms with Crippen molar-refractivity contribution in [1.82, 2.24) is 0 Å². The number of hydrogen-bond donors (Lipinski definition) is 1. The van der Waals surface area contributed by atoms with Crippen LogP contribution < -0.4 is 0 Å². The van der Waals surface area contributed by atoms with Crippen LogP contribution >= 0.6 is 0 Å². The number of benzene rings is 2. The minimum atomic E-state index is 0.384. The van der Waals surface area contributed by atoms with Gasteiger partial charge in [-0.25, -0.2) is 0 Å². The molecule has 2 heteroatoms. The highest BCUT2D eigenvalue weighted by Crippen LogP contribution is 2.36. The van der Waals surface area contributed by atoms with Crippen molar-refractivity contribution in [3.05, 3.63) is 64.9 Å². The largest absolute Gasteiger partial charge is 0.507 e. The van der Waals surface area contributed by atoms with Crippen LogP contribution in [0.2, 0.25) is 0 Å². The Morgan fingerprint density at radius 3 is 2.52 bits per heavy atom. The molecule has 2 aromatic carbocycles. The lowest BCUT2D eigenvalue weighted by Gasteiger charge is -2.04. The lowest BCUT2D eigenvalue weighted by Crippen LogP contribution is -1.88. The number of rotatable bonds is 4. The fourth-order valence-electron chi connectivity index (χ4n) is 2.83. The van der Waals surface area contributed by atoms with Gasteiger partial charge in [0.05, 0.1) is 5.39 Å². The van der Waals surface area contributed by atoms with E-state index in [1.54, 1.807) is 0 Å². The summed E-state index contributed by atoms with van der Waals surface area (Å²) in [5.74, 6) is 1.31. The highest BCUT2D eigenvalue weighted by atomic mass is 16.3. The van der Waals surface area contributed by atoms with Gasteiger partial charge in [-0.1, -0.05) is 49.7 Å². The molecule has 1 N–H and O–H groups in total. The zero-order valence-corrected chi connectivity index (χ0v) is 12.5. The maximum Gasteiger partial charge on any atom is 0.138 e. The Bertz CT molecular complexity index is 754. The Labute approximate surface area is 125 Å². The van der Waals surface area contributed by atoms with Crippen LogP contribution in [0.25, 0.3) is 11.0 Å². The number of furan rings is 1. The first-order valence-electron chi connectivity index (χ1n) is 7.47. The second-order valence-electron chi connectivity index (χ2n) is 5.51. The molecule has 0 saturated carbocycles. The number of phenols is 1. The van der Waals surface area contributed by atoms with Gasteiger partial charge in [-0.3, -0.25) is 0 Å². The fraction of sp³-hybridized carbons (Fsp3) is 0.263. The minimum Gasteiger partial charge on any atom is -0.507 e. The number of aromatic hydroxyl groups is 1. The first kappa shape index (κ1) is 13.7. The molecular formula is C19H20O2. The van der Waals surface area contributed by atoms with Gasteiger partial charge in [0, 0.05) is 12.0 Å². The van der Waals surface area contributed by atoms with Crippen LogP contribution in [0.4, 0.5) is 0 Å². The Hall–Kier alpha value is -2.22. The molecule has 0 aliphatic rings. The Balaban J connectivity index is 2.05. The lowest BCUT2D eigenvalue weighted by atomic mass is 10.0. The highest BCUT2D eigenvalue weighted by Gasteiger charge is 2.16. The van der Waals surface area contributed by atoms with Crippen molar-refractivity contribution in [2.45, 2.75) is 33.1 Å². The van der Waals surface area contributed by atoms with E-state index in [0.717, 1.165) is 47.1 Å². The molecule has 0 spiro atoms. The van der Waals surface area contributed by atoms with Crippen LogP contribution in [0.15, 0.2) is 46.9 Å². The predicted molar refractivity (Wildman–Crippen MR) is 85.9 cm³/mol. The number of fused-ring (bicyclic) bond motifs is 1. The maximum atomic E-state index is 10.5. The second kappa shape index (κ2) is 5.65. The van der Waals surface area contributed by atoms with Gasteiger partial charge in [0.15, 0.2) is 0 Å². The summed E-state index contributed by atoms with van der Waals surface area (Å²) in [6, 6.07) is 14.2. The lowest BCUT2D eigenvalue weighted by molar-refractivity contribution is 0.473. The third kappa shape index (κ3) is 2.54. The van der Waals surface area contributed by atoms with E-state index >= 15 is 0 Å². The molecule has 0 unspecified atom stereocenters. The number of aryl methyl sites for hydroxylation is 2. The standard InChI is InChI=1S/C19H20O2/c1-3-7-15-10-11-16-18(19(15)20)13(2)17(21-16)12-14-8-5-4-6-9-14/h4-6,8-11,20H,3,7,12H2,1-2H3. The van der Waals surface area contributed by atoms with Crippen molar-refractivity contribution < 1.29 is 9.52 Å². The van der Waals surface area contributed by atoms with Gasteiger partial charge < -0.3 is 9.52 Å². The summed E-state index contributed by atoms with van der Waals surface area (Å²) in [7, 11) is 0. The first-order valence-corrected chi connectivity index (χ1v) is 7.47. The summed E-state index contributed by atoms with van der Waals surface area (Å²) < 4.78 is 5.96. The molecule has 0 bridgehead atoms. The molecule has 3 aromatic rings. The third-order valence-corrected chi connectivity index (χ3v) is 3.98. The van der Waals surface area contributed by atoms with Crippen LogP contribution in [0.1, 0.15) is 35.8 Å². The van der Waals surface area contributed by atoms with Crippen molar-refractivity contribution in [1.29, 1.82) is 0 Å². The third-order valence-electron chi connectivity index (χ3n) is 3.98. The summed E-state index contributed by atoms with van der Waals surface area (Å²) in [5, 5.41) is 11.3. The molecule has 2 nitrogen and oxygen atoms in total. The quantitative estimate of drug-likeness (QED) is 0.730. The Morgan fingerprint density at radius 2 is 1.81 bits per heavy atom. The van der Waals surface area contributed by atoms with Crippen molar-refractivity contribution in [2.75, 3.05) is 0 Å². The summed E-state index contributed by atoms with van der Waals surface area (Å²) in [5.41, 5.74) is 4.04. The first-order chi connectivity index (χ1) is 10.2. The average molecular weight is 280 g/mol. The molecule has 0 radical (unpaired) electrons. The molecule has 0 aliphatic heterocycles. The number of hydrogen-bond acceptors (Lipinski definition) is 2. The molecule has 0 aliphatic carbocycles. The van der Waals surface area contributed by atoms with Crippen molar-refractivity contribution in [3.63, 3.8) is 0 Å². The molecule has 1 aromatic heterocycles.